The zero-order valence-electron chi connectivity index (χ0n) is 8.14. The van der Waals surface area contributed by atoms with Crippen molar-refractivity contribution in [3.05, 3.63) is 49.0 Å². The van der Waals surface area contributed by atoms with Crippen LogP contribution in [-0.4, -0.2) is 0 Å². The van der Waals surface area contributed by atoms with Gasteiger partial charge in [0.2, 0.25) is 0 Å². The van der Waals surface area contributed by atoms with E-state index in [1.54, 1.807) is 11.3 Å². The van der Waals surface area contributed by atoms with E-state index in [-0.39, 0.29) is 0 Å². The van der Waals surface area contributed by atoms with Crippen LogP contribution in [0.2, 0.25) is 9.36 Å². The van der Waals surface area contributed by atoms with Crippen LogP contribution in [0.25, 0.3) is 0 Å². The smallest absolute Gasteiger partial charge is 0.107 e. The quantitative estimate of drug-likeness (QED) is 0.788. The summed E-state index contributed by atoms with van der Waals surface area (Å²) in [5.41, 5.74) is 1.05. The predicted octanol–water partition coefficient (Wildman–Crippen LogP) is 5.43. The molecule has 2 rings (SSSR count). The van der Waals surface area contributed by atoms with Crippen LogP contribution in [0.15, 0.2) is 34.8 Å². The van der Waals surface area contributed by atoms with E-state index in [0.29, 0.717) is 0 Å². The number of halogens is 3. The maximum atomic E-state index is 5.96. The molecule has 16 heavy (non-hydrogen) atoms. The van der Waals surface area contributed by atoms with Gasteiger partial charge in [0.25, 0.3) is 0 Å². The maximum absolute atomic E-state index is 5.96. The molecule has 0 radical (unpaired) electrons. The van der Waals surface area contributed by atoms with Crippen LogP contribution in [-0.2, 0) is 6.54 Å². The number of nitrogens with one attached hydrogen (secondary N) is 1. The van der Waals surface area contributed by atoms with Gasteiger partial charge in [-0.2, -0.15) is 0 Å². The van der Waals surface area contributed by atoms with Gasteiger partial charge < -0.3 is 5.32 Å². The van der Waals surface area contributed by atoms with Gasteiger partial charge in [0.1, 0.15) is 4.34 Å². The van der Waals surface area contributed by atoms with E-state index in [1.165, 1.54) is 4.88 Å². The van der Waals surface area contributed by atoms with Gasteiger partial charge in [-0.05, 0) is 46.3 Å². The van der Waals surface area contributed by atoms with Gasteiger partial charge in [-0.25, -0.2) is 0 Å². The standard InChI is InChI=1S/C11H8BrCl2NS/c12-10-5-9(16-11(10)14)6-15-8-3-1-7(13)2-4-8/h1-5,15H,6H2. The van der Waals surface area contributed by atoms with Crippen LogP contribution in [0.5, 0.6) is 0 Å². The van der Waals surface area contributed by atoms with Gasteiger partial charge >= 0.3 is 0 Å². The maximum Gasteiger partial charge on any atom is 0.107 e. The third kappa shape index (κ3) is 3.14. The molecule has 5 heteroatoms. The highest BCUT2D eigenvalue weighted by Crippen LogP contribution is 2.32. The molecule has 0 spiro atoms. The van der Waals surface area contributed by atoms with Crippen molar-refractivity contribution in [3.8, 4) is 0 Å². The molecule has 1 aromatic heterocycles. The number of hydrogen-bond acceptors (Lipinski definition) is 2. The fraction of sp³-hybridized carbons (Fsp3) is 0.0909. The summed E-state index contributed by atoms with van der Waals surface area (Å²) in [4.78, 5) is 1.19. The molecular formula is C11H8BrCl2NS. The third-order valence-electron chi connectivity index (χ3n) is 2.01. The van der Waals surface area contributed by atoms with E-state index >= 15 is 0 Å². The molecule has 1 nitrogen and oxygen atoms in total. The summed E-state index contributed by atoms with van der Waals surface area (Å²) in [6.45, 7) is 0.762. The van der Waals surface area contributed by atoms with Crippen molar-refractivity contribution >= 4 is 56.2 Å². The second-order valence-electron chi connectivity index (χ2n) is 3.19. The summed E-state index contributed by atoms with van der Waals surface area (Å²) in [5, 5.41) is 4.04. The molecule has 0 bridgehead atoms. The molecule has 0 unspecified atom stereocenters. The molecule has 84 valence electrons. The lowest BCUT2D eigenvalue weighted by atomic mass is 10.3. The van der Waals surface area contributed by atoms with E-state index in [9.17, 15) is 0 Å². The average Bonchev–Trinajstić information content (AvgIpc) is 2.58. The molecule has 0 saturated carbocycles. The Balaban J connectivity index is 1.99. The number of thiophene rings is 1. The number of benzene rings is 1. The summed E-state index contributed by atoms with van der Waals surface area (Å²) in [6.07, 6.45) is 0. The fourth-order valence-corrected chi connectivity index (χ4v) is 3.09. The van der Waals surface area contributed by atoms with Crippen LogP contribution in [0.1, 0.15) is 4.88 Å². The van der Waals surface area contributed by atoms with Gasteiger partial charge in [-0.3, -0.25) is 0 Å². The average molecular weight is 337 g/mol. The summed E-state index contributed by atoms with van der Waals surface area (Å²) in [7, 11) is 0. The summed E-state index contributed by atoms with van der Waals surface area (Å²) >= 11 is 16.7. The molecular weight excluding hydrogens is 329 g/mol. The predicted molar refractivity (Wildman–Crippen MR) is 75.8 cm³/mol. The minimum Gasteiger partial charge on any atom is -0.380 e. The Morgan fingerprint density at radius 2 is 1.88 bits per heavy atom. The first-order valence-electron chi connectivity index (χ1n) is 4.58. The van der Waals surface area contributed by atoms with Gasteiger partial charge in [-0.1, -0.05) is 23.2 Å². The van der Waals surface area contributed by atoms with Gasteiger partial charge in [0.15, 0.2) is 0 Å². The highest BCUT2D eigenvalue weighted by atomic mass is 79.9. The van der Waals surface area contributed by atoms with Crippen LogP contribution in [0.3, 0.4) is 0 Å². The molecule has 0 amide bonds. The number of hydrogen-bond donors (Lipinski definition) is 1. The Morgan fingerprint density at radius 1 is 1.19 bits per heavy atom. The molecule has 1 aromatic carbocycles. The van der Waals surface area contributed by atoms with Crippen LogP contribution in [0.4, 0.5) is 5.69 Å². The Labute approximate surface area is 117 Å². The lowest BCUT2D eigenvalue weighted by Gasteiger charge is -2.04. The van der Waals surface area contributed by atoms with Crippen molar-refractivity contribution < 1.29 is 0 Å². The first-order chi connectivity index (χ1) is 7.65. The largest absolute Gasteiger partial charge is 0.380 e. The van der Waals surface area contributed by atoms with Crippen molar-refractivity contribution in [2.75, 3.05) is 5.32 Å². The lowest BCUT2D eigenvalue weighted by Crippen LogP contribution is -1.96. The second-order valence-corrected chi connectivity index (χ2v) is 6.22. The minimum atomic E-state index is 0.743. The van der Waals surface area contributed by atoms with E-state index in [2.05, 4.69) is 21.2 Å². The first kappa shape index (κ1) is 12.2. The van der Waals surface area contributed by atoms with Crippen LogP contribution < -0.4 is 5.32 Å². The second kappa shape index (κ2) is 5.41. The molecule has 0 aliphatic rings. The normalized spacial score (nSPS) is 10.4. The zero-order valence-corrected chi connectivity index (χ0v) is 12.1. The molecule has 0 atom stereocenters. The van der Waals surface area contributed by atoms with Crippen molar-refractivity contribution in [1.29, 1.82) is 0 Å². The van der Waals surface area contributed by atoms with E-state index in [1.807, 2.05) is 30.3 Å². The van der Waals surface area contributed by atoms with Crippen LogP contribution >= 0.6 is 50.5 Å². The molecule has 2 aromatic rings. The van der Waals surface area contributed by atoms with Crippen molar-refractivity contribution in [2.24, 2.45) is 0 Å². The van der Waals surface area contributed by atoms with Crippen molar-refractivity contribution in [3.63, 3.8) is 0 Å². The molecule has 1 heterocycles. The number of rotatable bonds is 3. The molecule has 0 aliphatic heterocycles. The van der Waals surface area contributed by atoms with Gasteiger partial charge in [-0.15, -0.1) is 11.3 Å². The van der Waals surface area contributed by atoms with Gasteiger partial charge in [0.05, 0.1) is 0 Å². The Kier molecular flexibility index (Phi) is 4.14. The number of anilines is 1. The van der Waals surface area contributed by atoms with E-state index < -0.39 is 0 Å². The fourth-order valence-electron chi connectivity index (χ4n) is 1.24. The third-order valence-corrected chi connectivity index (χ3v) is 4.73. The van der Waals surface area contributed by atoms with Gasteiger partial charge in [0, 0.05) is 26.6 Å². The minimum absolute atomic E-state index is 0.743. The van der Waals surface area contributed by atoms with Crippen molar-refractivity contribution in [2.45, 2.75) is 6.54 Å². The summed E-state index contributed by atoms with van der Waals surface area (Å²) in [6, 6.07) is 9.65. The topological polar surface area (TPSA) is 12.0 Å². The SMILES string of the molecule is Clc1ccc(NCc2cc(Br)c(Cl)s2)cc1. The highest BCUT2D eigenvalue weighted by Gasteiger charge is 2.03. The summed E-state index contributed by atoms with van der Waals surface area (Å²) in [5.74, 6) is 0. The molecule has 0 aliphatic carbocycles. The monoisotopic (exact) mass is 335 g/mol. The molecule has 0 saturated heterocycles. The Bertz CT molecular complexity index is 462. The molecule has 0 fully saturated rings. The molecule has 1 N–H and O–H groups in total. The highest BCUT2D eigenvalue weighted by molar-refractivity contribution is 9.10. The Morgan fingerprint density at radius 3 is 2.44 bits per heavy atom. The van der Waals surface area contributed by atoms with Crippen LogP contribution in [0, 0.1) is 0 Å². The lowest BCUT2D eigenvalue weighted by molar-refractivity contribution is 1.19. The summed E-state index contributed by atoms with van der Waals surface area (Å²) < 4.78 is 1.74. The zero-order chi connectivity index (χ0) is 11.5. The van der Waals surface area contributed by atoms with E-state index in [4.69, 9.17) is 23.2 Å². The van der Waals surface area contributed by atoms with E-state index in [0.717, 1.165) is 26.1 Å². The Hall–Kier alpha value is -0.220. The van der Waals surface area contributed by atoms with Crippen molar-refractivity contribution in [1.82, 2.24) is 0 Å². The first-order valence-corrected chi connectivity index (χ1v) is 6.95.